The zero-order valence-corrected chi connectivity index (χ0v) is 15.0. The Bertz CT molecular complexity index is 701. The highest BCUT2D eigenvalue weighted by Crippen LogP contribution is 2.39. The van der Waals surface area contributed by atoms with Crippen LogP contribution in [-0.2, 0) is 9.31 Å². The van der Waals surface area contributed by atoms with Crippen molar-refractivity contribution >= 4 is 13.2 Å². The summed E-state index contributed by atoms with van der Waals surface area (Å²) in [4.78, 5) is 0. The quantitative estimate of drug-likeness (QED) is 0.510. The molecule has 0 aliphatic carbocycles. The standard InChI is InChI=1S/C19H23BF2O3/c1-18(2)19(3,4)25-20(24-18)17(22)13-15-12-16(21)10-9-14(15)8-6-5-7-11-23/h9-10,12-13,23H,5,7,11H2,1-4H3. The van der Waals surface area contributed by atoms with Gasteiger partial charge in [-0.3, -0.25) is 0 Å². The van der Waals surface area contributed by atoms with Crippen LogP contribution in [0.1, 0.15) is 51.7 Å². The number of benzene rings is 1. The number of unbranched alkanes of at least 4 members (excludes halogenated alkanes) is 1. The molecule has 0 saturated carbocycles. The zero-order valence-electron chi connectivity index (χ0n) is 15.0. The van der Waals surface area contributed by atoms with Gasteiger partial charge in [0.15, 0.2) is 0 Å². The lowest BCUT2D eigenvalue weighted by molar-refractivity contribution is 0.00578. The highest BCUT2D eigenvalue weighted by molar-refractivity contribution is 6.54. The first-order chi connectivity index (χ1) is 11.7. The summed E-state index contributed by atoms with van der Waals surface area (Å²) >= 11 is 0. The molecule has 1 aliphatic rings. The summed E-state index contributed by atoms with van der Waals surface area (Å²) in [5, 5.41) is 8.78. The largest absolute Gasteiger partial charge is 0.525 e. The number of aliphatic hydroxyl groups is 1. The Labute approximate surface area is 148 Å². The van der Waals surface area contributed by atoms with Gasteiger partial charge in [-0.05, 0) is 64.0 Å². The molecule has 0 radical (unpaired) electrons. The lowest BCUT2D eigenvalue weighted by Crippen LogP contribution is -2.41. The monoisotopic (exact) mass is 348 g/mol. The van der Waals surface area contributed by atoms with Gasteiger partial charge in [0.1, 0.15) is 11.5 Å². The van der Waals surface area contributed by atoms with Crippen LogP contribution >= 0.6 is 0 Å². The average Bonchev–Trinajstić information content (AvgIpc) is 2.74. The van der Waals surface area contributed by atoms with Crippen molar-refractivity contribution < 1.29 is 23.2 Å². The van der Waals surface area contributed by atoms with Crippen LogP contribution in [0.4, 0.5) is 8.78 Å². The van der Waals surface area contributed by atoms with Crippen molar-refractivity contribution in [3.8, 4) is 11.8 Å². The summed E-state index contributed by atoms with van der Waals surface area (Å²) in [7, 11) is -1.14. The van der Waals surface area contributed by atoms with Crippen LogP contribution in [0.3, 0.4) is 0 Å². The van der Waals surface area contributed by atoms with Crippen molar-refractivity contribution in [2.45, 2.75) is 51.7 Å². The summed E-state index contributed by atoms with van der Waals surface area (Å²) in [6, 6.07) is 4.01. The third-order valence-electron chi connectivity index (χ3n) is 4.47. The third kappa shape index (κ3) is 4.69. The molecule has 1 aromatic rings. The molecule has 25 heavy (non-hydrogen) atoms. The fourth-order valence-electron chi connectivity index (χ4n) is 2.26. The van der Waals surface area contributed by atoms with Gasteiger partial charge in [0.2, 0.25) is 0 Å². The lowest BCUT2D eigenvalue weighted by atomic mass is 9.86. The fraction of sp³-hybridized carbons (Fsp3) is 0.474. The first-order valence-electron chi connectivity index (χ1n) is 8.28. The summed E-state index contributed by atoms with van der Waals surface area (Å²) in [5.41, 5.74) is -1.12. The molecule has 1 aliphatic heterocycles. The highest BCUT2D eigenvalue weighted by Gasteiger charge is 2.53. The molecule has 0 unspecified atom stereocenters. The van der Waals surface area contributed by atoms with Crippen molar-refractivity contribution in [1.82, 2.24) is 0 Å². The van der Waals surface area contributed by atoms with E-state index in [4.69, 9.17) is 14.4 Å². The maximum absolute atomic E-state index is 14.6. The molecule has 0 amide bonds. The predicted molar refractivity (Wildman–Crippen MR) is 94.8 cm³/mol. The molecule has 3 nitrogen and oxygen atoms in total. The van der Waals surface area contributed by atoms with Gasteiger partial charge in [-0.2, -0.15) is 0 Å². The number of hydrogen-bond donors (Lipinski definition) is 1. The van der Waals surface area contributed by atoms with Crippen molar-refractivity contribution in [3.63, 3.8) is 0 Å². The van der Waals surface area contributed by atoms with E-state index in [1.165, 1.54) is 24.3 Å². The molecule has 6 heteroatoms. The van der Waals surface area contributed by atoms with Crippen LogP contribution in [0.15, 0.2) is 23.9 Å². The van der Waals surface area contributed by atoms with E-state index in [0.29, 0.717) is 24.0 Å². The molecule has 2 rings (SSSR count). The number of halogens is 2. The van der Waals surface area contributed by atoms with E-state index in [1.807, 2.05) is 27.7 Å². The van der Waals surface area contributed by atoms with Crippen LogP contribution in [0.2, 0.25) is 0 Å². The van der Waals surface area contributed by atoms with Gasteiger partial charge in [-0.1, -0.05) is 11.8 Å². The van der Waals surface area contributed by atoms with Crippen molar-refractivity contribution in [1.29, 1.82) is 0 Å². The molecule has 1 N–H and O–H groups in total. The first kappa shape index (κ1) is 19.6. The van der Waals surface area contributed by atoms with Crippen molar-refractivity contribution in [3.05, 3.63) is 40.9 Å². The highest BCUT2D eigenvalue weighted by atomic mass is 19.1. The Hall–Kier alpha value is -1.68. The minimum absolute atomic E-state index is 0.0570. The van der Waals surface area contributed by atoms with Crippen LogP contribution < -0.4 is 0 Å². The maximum Gasteiger partial charge on any atom is 0.525 e. The molecule has 1 saturated heterocycles. The minimum Gasteiger partial charge on any atom is -0.398 e. The summed E-state index contributed by atoms with van der Waals surface area (Å²) < 4.78 is 39.5. The number of aliphatic hydroxyl groups excluding tert-OH is 1. The molecular formula is C19H23BF2O3. The van der Waals surface area contributed by atoms with E-state index in [-0.39, 0.29) is 6.61 Å². The van der Waals surface area contributed by atoms with Crippen LogP contribution in [-0.4, -0.2) is 30.0 Å². The van der Waals surface area contributed by atoms with Gasteiger partial charge >= 0.3 is 7.12 Å². The Kier molecular flexibility index (Phi) is 6.05. The number of rotatable bonds is 4. The first-order valence-corrected chi connectivity index (χ1v) is 8.28. The van der Waals surface area contributed by atoms with Gasteiger partial charge in [-0.15, -0.1) is 0 Å². The molecule has 1 aromatic carbocycles. The topological polar surface area (TPSA) is 38.7 Å². The molecular weight excluding hydrogens is 325 g/mol. The summed E-state index contributed by atoms with van der Waals surface area (Å²) in [6.45, 7) is 7.39. The van der Waals surface area contributed by atoms with E-state index in [0.717, 1.165) is 0 Å². The SMILES string of the molecule is CC1(C)OB(C(F)=Cc2cc(F)ccc2C#CCCCO)OC1(C)C. The zero-order chi connectivity index (χ0) is 18.7. The Morgan fingerprint density at radius 1 is 1.24 bits per heavy atom. The Balaban J connectivity index is 2.27. The van der Waals surface area contributed by atoms with Crippen LogP contribution in [0.25, 0.3) is 6.08 Å². The van der Waals surface area contributed by atoms with E-state index in [1.54, 1.807) is 0 Å². The molecule has 0 atom stereocenters. The van der Waals surface area contributed by atoms with Crippen molar-refractivity contribution in [2.75, 3.05) is 6.61 Å². The third-order valence-corrected chi connectivity index (χ3v) is 4.47. The molecule has 134 valence electrons. The van der Waals surface area contributed by atoms with E-state index < -0.39 is 29.9 Å². The van der Waals surface area contributed by atoms with Gasteiger partial charge in [0.25, 0.3) is 0 Å². The number of hydrogen-bond acceptors (Lipinski definition) is 3. The van der Waals surface area contributed by atoms with Gasteiger partial charge < -0.3 is 14.4 Å². The fourth-order valence-corrected chi connectivity index (χ4v) is 2.26. The van der Waals surface area contributed by atoms with Gasteiger partial charge in [0.05, 0.1) is 11.2 Å². The molecule has 0 aromatic heterocycles. The normalized spacial score (nSPS) is 18.8. The smallest absolute Gasteiger partial charge is 0.398 e. The van der Waals surface area contributed by atoms with E-state index in [2.05, 4.69) is 11.8 Å². The second-order valence-corrected chi connectivity index (χ2v) is 6.98. The average molecular weight is 348 g/mol. The minimum atomic E-state index is -1.14. The van der Waals surface area contributed by atoms with Crippen LogP contribution in [0.5, 0.6) is 0 Å². The molecule has 1 heterocycles. The maximum atomic E-state index is 14.6. The van der Waals surface area contributed by atoms with Gasteiger partial charge in [0, 0.05) is 18.6 Å². The molecule has 0 spiro atoms. The van der Waals surface area contributed by atoms with E-state index in [9.17, 15) is 8.78 Å². The Morgan fingerprint density at radius 3 is 2.48 bits per heavy atom. The molecule has 1 fully saturated rings. The van der Waals surface area contributed by atoms with Crippen molar-refractivity contribution in [2.24, 2.45) is 0 Å². The van der Waals surface area contributed by atoms with E-state index >= 15 is 0 Å². The second kappa shape index (κ2) is 7.69. The molecule has 0 bridgehead atoms. The second-order valence-electron chi connectivity index (χ2n) is 6.98. The summed E-state index contributed by atoms with van der Waals surface area (Å²) in [6.07, 6.45) is 2.26. The summed E-state index contributed by atoms with van der Waals surface area (Å²) in [5.74, 6) is 5.29. The predicted octanol–water partition coefficient (Wildman–Crippen LogP) is 3.89. The van der Waals surface area contributed by atoms with Gasteiger partial charge in [-0.25, -0.2) is 8.78 Å². The lowest BCUT2D eigenvalue weighted by Gasteiger charge is -2.32. The Morgan fingerprint density at radius 2 is 1.88 bits per heavy atom. The van der Waals surface area contributed by atoms with Crippen LogP contribution in [0, 0.1) is 17.7 Å².